The van der Waals surface area contributed by atoms with Crippen LogP contribution in [0, 0.1) is 0 Å². The molecule has 4 rings (SSSR count). The van der Waals surface area contributed by atoms with Crippen molar-refractivity contribution >= 4 is 42.6 Å². The Labute approximate surface area is 203 Å². The van der Waals surface area contributed by atoms with E-state index in [1.165, 1.54) is 6.08 Å². The molecule has 34 heavy (non-hydrogen) atoms. The van der Waals surface area contributed by atoms with E-state index in [-0.39, 0.29) is 36.6 Å². The number of nitrogen functional groups attached to an aromatic ring is 1. The zero-order valence-corrected chi connectivity index (χ0v) is 21.3. The summed E-state index contributed by atoms with van der Waals surface area (Å²) in [6.45, 7) is 16.2. The van der Waals surface area contributed by atoms with Crippen molar-refractivity contribution in [3.63, 3.8) is 0 Å². The molecule has 2 N–H and O–H groups in total. The lowest BCUT2D eigenvalue weighted by atomic mass is 9.79. The number of carbonyl (C=O) groups excluding carboxylic acids is 1. The molecule has 180 valence electrons. The summed E-state index contributed by atoms with van der Waals surface area (Å²) in [4.78, 5) is 13.7. The number of rotatable bonds is 3. The molecule has 2 aromatic rings. The summed E-state index contributed by atoms with van der Waals surface area (Å²) < 4.78 is 23.7. The molecule has 2 aromatic carbocycles. The molecule has 2 aliphatic rings. The molecule has 0 aliphatic carbocycles. The first-order valence-electron chi connectivity index (χ1n) is 11.4. The van der Waals surface area contributed by atoms with Crippen LogP contribution in [0.25, 0.3) is 0 Å². The van der Waals surface area contributed by atoms with Crippen LogP contribution in [0.1, 0.15) is 55.4 Å². The minimum Gasteiger partial charge on any atom is -0.399 e. The van der Waals surface area contributed by atoms with E-state index in [2.05, 4.69) is 4.99 Å². The highest BCUT2D eigenvalue weighted by molar-refractivity contribution is 6.62. The van der Waals surface area contributed by atoms with Crippen molar-refractivity contribution in [3.8, 4) is 0 Å². The molecule has 0 amide bonds. The molecule has 0 aromatic heterocycles. The van der Waals surface area contributed by atoms with Gasteiger partial charge in [0.15, 0.2) is 0 Å². The lowest BCUT2D eigenvalue weighted by Crippen LogP contribution is -2.41. The molecule has 0 bridgehead atoms. The number of isocyanates is 1. The molecule has 0 unspecified atom stereocenters. The summed E-state index contributed by atoms with van der Waals surface area (Å²) in [5.74, 6) is 0. The largest absolute Gasteiger partial charge is 0.494 e. The van der Waals surface area contributed by atoms with Crippen molar-refractivity contribution in [1.29, 1.82) is 0 Å². The van der Waals surface area contributed by atoms with Crippen LogP contribution in [0.2, 0.25) is 0 Å². The normalized spacial score (nSPS) is 21.4. The monoisotopic (exact) mass is 464 g/mol. The highest BCUT2D eigenvalue weighted by Gasteiger charge is 2.52. The van der Waals surface area contributed by atoms with Gasteiger partial charge in [-0.15, -0.1) is 0 Å². The molecule has 0 radical (unpaired) electrons. The number of nitrogens with two attached hydrogens (primary N) is 1. The summed E-state index contributed by atoms with van der Waals surface area (Å²) in [5.41, 5.74) is 7.61. The fourth-order valence-corrected chi connectivity index (χ4v) is 3.37. The quantitative estimate of drug-likeness (QED) is 0.324. The summed E-state index contributed by atoms with van der Waals surface area (Å²) >= 11 is 0. The first kappa shape index (κ1) is 26.2. The molecule has 2 fully saturated rings. The third-order valence-corrected chi connectivity index (χ3v) is 7.06. The van der Waals surface area contributed by atoms with Gasteiger partial charge in [0.1, 0.15) is 0 Å². The van der Waals surface area contributed by atoms with Crippen molar-refractivity contribution in [2.24, 2.45) is 4.99 Å². The van der Waals surface area contributed by atoms with E-state index in [0.29, 0.717) is 5.69 Å². The van der Waals surface area contributed by atoms with E-state index >= 15 is 0 Å². The molecule has 2 heterocycles. The van der Waals surface area contributed by atoms with Crippen molar-refractivity contribution in [2.45, 2.75) is 77.8 Å². The summed E-state index contributed by atoms with van der Waals surface area (Å²) in [6.07, 6.45) is 1.51. The topological polar surface area (TPSA) is 92.4 Å². The third kappa shape index (κ3) is 5.45. The predicted octanol–water partition coefficient (Wildman–Crippen LogP) is 3.52. The van der Waals surface area contributed by atoms with Gasteiger partial charge in [-0.25, -0.2) is 4.79 Å². The minimum absolute atomic E-state index is 0.293. The van der Waals surface area contributed by atoms with Crippen LogP contribution < -0.4 is 16.7 Å². The maximum Gasteiger partial charge on any atom is 0.494 e. The summed E-state index contributed by atoms with van der Waals surface area (Å²) in [6, 6.07) is 14.8. The number of anilines is 1. The van der Waals surface area contributed by atoms with Gasteiger partial charge in [0.25, 0.3) is 0 Å². The van der Waals surface area contributed by atoms with E-state index in [1.54, 1.807) is 12.1 Å². The fraction of sp³-hybridized carbons (Fsp3) is 0.480. The Hall–Kier alpha value is -2.41. The van der Waals surface area contributed by atoms with Gasteiger partial charge < -0.3 is 24.4 Å². The lowest BCUT2D eigenvalue weighted by Gasteiger charge is -2.32. The number of benzene rings is 2. The Balaban J connectivity index is 0.000000192. The van der Waals surface area contributed by atoms with E-state index in [9.17, 15) is 4.79 Å². The number of hydrogen-bond acceptors (Lipinski definition) is 7. The van der Waals surface area contributed by atoms with Crippen LogP contribution in [-0.2, 0) is 23.4 Å². The molecule has 0 atom stereocenters. The van der Waals surface area contributed by atoms with Crippen LogP contribution >= 0.6 is 0 Å². The van der Waals surface area contributed by atoms with Gasteiger partial charge in [0, 0.05) is 5.69 Å². The number of hydrogen-bond donors (Lipinski definition) is 1. The maximum atomic E-state index is 10.1. The van der Waals surface area contributed by atoms with Gasteiger partial charge in [-0.2, -0.15) is 4.99 Å². The second-order valence-corrected chi connectivity index (χ2v) is 10.6. The Kier molecular flexibility index (Phi) is 7.19. The standard InChI is InChI=1S/C13H16BNO3.C12H18BNO2/c1-12(2)13(3,4)18-14(17-12)10-5-7-11(8-6-10)15-9-16;1-11(2)12(3,4)16-13(15-11)9-5-7-10(14)8-6-9/h5-8H,1-4H3;5-8H,14H2,1-4H3. The summed E-state index contributed by atoms with van der Waals surface area (Å²) in [7, 11) is -0.685. The molecule has 0 spiro atoms. The van der Waals surface area contributed by atoms with E-state index in [4.69, 9.17) is 24.4 Å². The molecular weight excluding hydrogens is 430 g/mol. The van der Waals surface area contributed by atoms with Crippen LogP contribution in [0.3, 0.4) is 0 Å². The lowest BCUT2D eigenvalue weighted by molar-refractivity contribution is 0.00578. The highest BCUT2D eigenvalue weighted by atomic mass is 16.7. The van der Waals surface area contributed by atoms with Gasteiger partial charge in [-0.05, 0) is 90.6 Å². The predicted molar refractivity (Wildman–Crippen MR) is 137 cm³/mol. The summed E-state index contributed by atoms with van der Waals surface area (Å²) in [5, 5.41) is 0. The van der Waals surface area contributed by atoms with Gasteiger partial charge in [-0.1, -0.05) is 24.3 Å². The van der Waals surface area contributed by atoms with Crippen molar-refractivity contribution < 1.29 is 23.4 Å². The second-order valence-electron chi connectivity index (χ2n) is 10.6. The molecule has 0 saturated carbocycles. The molecule has 2 aliphatic heterocycles. The van der Waals surface area contributed by atoms with E-state index < -0.39 is 0 Å². The first-order chi connectivity index (χ1) is 15.7. The molecular formula is C25H34B2N2O5. The van der Waals surface area contributed by atoms with Crippen LogP contribution in [0.4, 0.5) is 11.4 Å². The van der Waals surface area contributed by atoms with Crippen LogP contribution in [0.15, 0.2) is 53.5 Å². The maximum absolute atomic E-state index is 10.1. The van der Waals surface area contributed by atoms with Crippen LogP contribution in [-0.4, -0.2) is 42.7 Å². The SMILES string of the molecule is CC1(C)OB(c2ccc(N)cc2)OC1(C)C.CC1(C)OB(c2ccc(N=C=O)cc2)OC1(C)C. The second kappa shape index (κ2) is 9.33. The van der Waals surface area contributed by atoms with E-state index in [0.717, 1.165) is 16.6 Å². The van der Waals surface area contributed by atoms with Crippen LogP contribution in [0.5, 0.6) is 0 Å². The molecule has 2 saturated heterocycles. The molecule has 7 nitrogen and oxygen atoms in total. The highest BCUT2D eigenvalue weighted by Crippen LogP contribution is 2.37. The van der Waals surface area contributed by atoms with Gasteiger partial charge in [-0.3, -0.25) is 0 Å². The smallest absolute Gasteiger partial charge is 0.399 e. The third-order valence-electron chi connectivity index (χ3n) is 7.06. The minimum atomic E-state index is -0.385. The van der Waals surface area contributed by atoms with Crippen molar-refractivity contribution in [1.82, 2.24) is 0 Å². The zero-order chi connectivity index (χ0) is 25.4. The Morgan fingerprint density at radius 3 is 1.29 bits per heavy atom. The van der Waals surface area contributed by atoms with Gasteiger partial charge in [0.2, 0.25) is 6.08 Å². The first-order valence-corrected chi connectivity index (χ1v) is 11.4. The zero-order valence-electron chi connectivity index (χ0n) is 21.3. The van der Waals surface area contributed by atoms with E-state index in [1.807, 2.05) is 91.8 Å². The number of aliphatic imine (C=N–C) groups is 1. The molecule has 9 heteroatoms. The number of nitrogens with zero attached hydrogens (tertiary/aromatic N) is 1. The Bertz CT molecular complexity index is 1010. The Morgan fingerprint density at radius 1 is 0.647 bits per heavy atom. The van der Waals surface area contributed by atoms with Gasteiger partial charge >= 0.3 is 14.2 Å². The van der Waals surface area contributed by atoms with Crippen molar-refractivity contribution in [3.05, 3.63) is 48.5 Å². The average molecular weight is 464 g/mol. The van der Waals surface area contributed by atoms with Gasteiger partial charge in [0.05, 0.1) is 28.1 Å². The van der Waals surface area contributed by atoms with Crippen molar-refractivity contribution in [2.75, 3.05) is 5.73 Å². The fourth-order valence-electron chi connectivity index (χ4n) is 3.37. The average Bonchev–Trinajstić information content (AvgIpc) is 3.09. The Morgan fingerprint density at radius 2 is 0.971 bits per heavy atom.